The number of furan rings is 1. The molecule has 170 valence electrons. The highest BCUT2D eigenvalue weighted by atomic mass is 35.5. The highest BCUT2D eigenvalue weighted by molar-refractivity contribution is 7.99. The van der Waals surface area contributed by atoms with Crippen LogP contribution >= 0.6 is 23.4 Å². The minimum atomic E-state index is -0.320. The zero-order valence-electron chi connectivity index (χ0n) is 17.5. The van der Waals surface area contributed by atoms with Crippen LogP contribution in [0.2, 0.25) is 5.02 Å². The Balaban J connectivity index is 1.35. The minimum absolute atomic E-state index is 0.0271. The molecule has 0 saturated carbocycles. The van der Waals surface area contributed by atoms with Crippen LogP contribution in [0.3, 0.4) is 0 Å². The van der Waals surface area contributed by atoms with Gasteiger partial charge in [0.2, 0.25) is 11.7 Å². The smallest absolute Gasteiger partial charge is 0.273 e. The number of aromatic amines is 1. The number of thioether (sulfide) groups is 1. The molecule has 9 nitrogen and oxygen atoms in total. The first kappa shape index (κ1) is 21.8. The lowest BCUT2D eigenvalue weighted by molar-refractivity contribution is -0.113. The van der Waals surface area contributed by atoms with E-state index in [-0.39, 0.29) is 17.2 Å². The molecule has 5 aromatic rings. The molecule has 2 aromatic carbocycles. The van der Waals surface area contributed by atoms with Crippen LogP contribution in [-0.4, -0.2) is 36.2 Å². The maximum absolute atomic E-state index is 12.6. The minimum Gasteiger partial charge on any atom is -0.461 e. The van der Waals surface area contributed by atoms with Gasteiger partial charge in [-0.2, -0.15) is 0 Å². The molecule has 11 heteroatoms. The fourth-order valence-corrected chi connectivity index (χ4v) is 4.29. The van der Waals surface area contributed by atoms with Crippen molar-refractivity contribution in [1.82, 2.24) is 24.5 Å². The van der Waals surface area contributed by atoms with E-state index in [2.05, 4.69) is 20.6 Å². The molecule has 0 aliphatic carbocycles. The van der Waals surface area contributed by atoms with Crippen molar-refractivity contribution in [1.29, 1.82) is 0 Å². The van der Waals surface area contributed by atoms with Crippen molar-refractivity contribution < 1.29 is 9.21 Å². The summed E-state index contributed by atoms with van der Waals surface area (Å²) in [5.74, 6) is 0.982. The molecule has 0 bridgehead atoms. The van der Waals surface area contributed by atoms with Crippen molar-refractivity contribution in [2.45, 2.75) is 5.16 Å². The number of anilines is 1. The van der Waals surface area contributed by atoms with Crippen LogP contribution < -0.4 is 10.9 Å². The summed E-state index contributed by atoms with van der Waals surface area (Å²) in [6.07, 6.45) is 1.55. The van der Waals surface area contributed by atoms with Gasteiger partial charge in [-0.15, -0.1) is 10.2 Å². The fourth-order valence-electron chi connectivity index (χ4n) is 3.32. The number of para-hydroxylation sites is 2. The summed E-state index contributed by atoms with van der Waals surface area (Å²) >= 11 is 7.61. The van der Waals surface area contributed by atoms with E-state index in [1.54, 1.807) is 41.2 Å². The third-order valence-corrected chi connectivity index (χ3v) is 6.06. The van der Waals surface area contributed by atoms with Crippen molar-refractivity contribution in [3.8, 4) is 23.0 Å². The number of carbonyl (C=O) groups is 1. The normalized spacial score (nSPS) is 11.0. The number of halogens is 1. The molecule has 3 heterocycles. The van der Waals surface area contributed by atoms with Gasteiger partial charge in [0, 0.05) is 6.07 Å². The van der Waals surface area contributed by atoms with E-state index in [0.29, 0.717) is 39.0 Å². The van der Waals surface area contributed by atoms with Gasteiger partial charge in [0.1, 0.15) is 5.82 Å². The van der Waals surface area contributed by atoms with Crippen LogP contribution in [0.4, 0.5) is 5.82 Å². The summed E-state index contributed by atoms with van der Waals surface area (Å²) in [6.45, 7) is 0. The van der Waals surface area contributed by atoms with E-state index in [9.17, 15) is 9.59 Å². The first-order valence-electron chi connectivity index (χ1n) is 10.1. The predicted octanol–water partition coefficient (Wildman–Crippen LogP) is 4.39. The lowest BCUT2D eigenvalue weighted by Gasteiger charge is -2.10. The zero-order valence-corrected chi connectivity index (χ0v) is 19.1. The van der Waals surface area contributed by atoms with E-state index in [1.165, 1.54) is 22.5 Å². The van der Waals surface area contributed by atoms with Gasteiger partial charge in [-0.25, -0.2) is 4.68 Å². The van der Waals surface area contributed by atoms with Crippen molar-refractivity contribution >= 4 is 35.1 Å². The summed E-state index contributed by atoms with van der Waals surface area (Å²) in [7, 11) is 0. The van der Waals surface area contributed by atoms with Crippen molar-refractivity contribution in [3.05, 3.63) is 94.4 Å². The number of amides is 1. The number of H-pyrrole nitrogens is 1. The Kier molecular flexibility index (Phi) is 6.07. The molecule has 0 aliphatic heterocycles. The zero-order chi connectivity index (χ0) is 23.5. The van der Waals surface area contributed by atoms with Crippen molar-refractivity contribution in [2.75, 3.05) is 11.1 Å². The molecule has 5 rings (SSSR count). The Labute approximate surface area is 202 Å². The molecule has 0 atom stereocenters. The molecular formula is C23H17ClN6O3S. The number of benzene rings is 2. The Hall–Kier alpha value is -4.02. The molecule has 0 radical (unpaired) electrons. The van der Waals surface area contributed by atoms with Gasteiger partial charge in [0.25, 0.3) is 5.56 Å². The van der Waals surface area contributed by atoms with Gasteiger partial charge in [-0.3, -0.25) is 19.3 Å². The Morgan fingerprint density at radius 1 is 1.06 bits per heavy atom. The van der Waals surface area contributed by atoms with Gasteiger partial charge in [0.05, 0.1) is 28.4 Å². The first-order valence-corrected chi connectivity index (χ1v) is 11.5. The third kappa shape index (κ3) is 4.41. The van der Waals surface area contributed by atoms with Crippen molar-refractivity contribution in [3.63, 3.8) is 0 Å². The Morgan fingerprint density at radius 2 is 1.85 bits per heavy atom. The Bertz CT molecular complexity index is 1490. The highest BCUT2D eigenvalue weighted by Gasteiger charge is 2.20. The molecule has 3 aromatic heterocycles. The van der Waals surface area contributed by atoms with Crippen LogP contribution in [-0.2, 0) is 4.79 Å². The third-order valence-electron chi connectivity index (χ3n) is 4.81. The second-order valence-electron chi connectivity index (χ2n) is 7.09. The molecule has 1 amide bonds. The molecule has 0 fully saturated rings. The van der Waals surface area contributed by atoms with Gasteiger partial charge >= 0.3 is 0 Å². The summed E-state index contributed by atoms with van der Waals surface area (Å²) in [5, 5.41) is 15.1. The molecule has 0 saturated heterocycles. The van der Waals surface area contributed by atoms with Crippen LogP contribution in [0.5, 0.6) is 0 Å². The van der Waals surface area contributed by atoms with E-state index >= 15 is 0 Å². The quantitative estimate of drug-likeness (QED) is 0.326. The van der Waals surface area contributed by atoms with Gasteiger partial charge in [-0.05, 0) is 36.4 Å². The lowest BCUT2D eigenvalue weighted by Crippen LogP contribution is -2.15. The number of nitrogens with zero attached hydrogens (tertiary/aromatic N) is 4. The number of hydrogen-bond acceptors (Lipinski definition) is 6. The number of aromatic nitrogens is 5. The van der Waals surface area contributed by atoms with Gasteiger partial charge in [-0.1, -0.05) is 53.7 Å². The number of hydrogen-bond donors (Lipinski definition) is 2. The molecule has 2 N–H and O–H groups in total. The first-order chi connectivity index (χ1) is 16.6. The summed E-state index contributed by atoms with van der Waals surface area (Å²) in [5.41, 5.74) is 1.05. The average Bonchev–Trinajstić information content (AvgIpc) is 3.58. The van der Waals surface area contributed by atoms with Crippen LogP contribution in [0.1, 0.15) is 0 Å². The monoisotopic (exact) mass is 492 g/mol. The fraction of sp³-hybridized carbons (Fsp3) is 0.0435. The summed E-state index contributed by atoms with van der Waals surface area (Å²) in [6, 6.07) is 21.2. The van der Waals surface area contributed by atoms with E-state index in [4.69, 9.17) is 16.0 Å². The van der Waals surface area contributed by atoms with Crippen molar-refractivity contribution in [2.24, 2.45) is 0 Å². The maximum atomic E-state index is 12.6. The number of nitrogens with one attached hydrogen (secondary N) is 2. The molecule has 0 spiro atoms. The lowest BCUT2D eigenvalue weighted by atomic mass is 10.3. The topological polar surface area (TPSA) is 111 Å². The van der Waals surface area contributed by atoms with E-state index in [1.807, 2.05) is 36.4 Å². The molecular weight excluding hydrogens is 476 g/mol. The largest absolute Gasteiger partial charge is 0.461 e. The summed E-state index contributed by atoms with van der Waals surface area (Å²) in [4.78, 5) is 24.9. The maximum Gasteiger partial charge on any atom is 0.273 e. The standard InChI is InChI=1S/C23H17ClN6O3S/c24-16-9-4-5-10-17(16)29-22(18-11-6-12-33-18)26-27-23(29)34-14-20(31)25-19-13-21(32)30(28-19)15-7-2-1-3-8-15/h1-13,28H,14H2,(H,25,31). The van der Waals surface area contributed by atoms with E-state index in [0.717, 1.165) is 0 Å². The second kappa shape index (κ2) is 9.46. The van der Waals surface area contributed by atoms with Crippen LogP contribution in [0.15, 0.2) is 93.4 Å². The van der Waals surface area contributed by atoms with E-state index < -0.39 is 0 Å². The molecule has 0 unspecified atom stereocenters. The van der Waals surface area contributed by atoms with Gasteiger partial charge in [0.15, 0.2) is 10.9 Å². The van der Waals surface area contributed by atoms with Gasteiger partial charge < -0.3 is 9.73 Å². The number of carbonyl (C=O) groups excluding carboxylic acids is 1. The highest BCUT2D eigenvalue weighted by Crippen LogP contribution is 2.31. The predicted molar refractivity (Wildman–Crippen MR) is 130 cm³/mol. The summed E-state index contributed by atoms with van der Waals surface area (Å²) < 4.78 is 8.60. The number of rotatable bonds is 7. The van der Waals surface area contributed by atoms with Crippen LogP contribution in [0.25, 0.3) is 23.0 Å². The van der Waals surface area contributed by atoms with Crippen LogP contribution in [0, 0.1) is 0 Å². The molecule has 34 heavy (non-hydrogen) atoms. The molecule has 0 aliphatic rings. The second-order valence-corrected chi connectivity index (χ2v) is 8.44. The SMILES string of the molecule is O=C(CSc1nnc(-c2ccco2)n1-c1ccccc1Cl)Nc1cc(=O)n(-c2ccccc2)[nH]1. The average molecular weight is 493 g/mol. The Morgan fingerprint density at radius 3 is 2.62 bits per heavy atom.